The summed E-state index contributed by atoms with van der Waals surface area (Å²) in [6, 6.07) is 13.0. The lowest BCUT2D eigenvalue weighted by atomic mass is 10.0. The van der Waals surface area contributed by atoms with Gasteiger partial charge in [0.05, 0.1) is 47.5 Å². The number of nitrogens with one attached hydrogen (secondary N) is 2. The van der Waals surface area contributed by atoms with Crippen LogP contribution in [0.15, 0.2) is 59.4 Å². The van der Waals surface area contributed by atoms with Crippen molar-refractivity contribution in [2.24, 2.45) is 0 Å². The minimum absolute atomic E-state index is 0.0359. The van der Waals surface area contributed by atoms with E-state index in [0.717, 1.165) is 0 Å². The first-order valence-electron chi connectivity index (χ1n) is 11.5. The van der Waals surface area contributed by atoms with Gasteiger partial charge in [0.2, 0.25) is 0 Å². The van der Waals surface area contributed by atoms with Gasteiger partial charge < -0.3 is 34.6 Å². The van der Waals surface area contributed by atoms with Crippen LogP contribution in [0.2, 0.25) is 0 Å². The molecule has 12 heteroatoms. The maximum atomic E-state index is 12.6. The summed E-state index contributed by atoms with van der Waals surface area (Å²) in [6.45, 7) is -0.141. The van der Waals surface area contributed by atoms with E-state index in [0.29, 0.717) is 22.3 Å². The molecule has 3 aromatic carbocycles. The van der Waals surface area contributed by atoms with Crippen molar-refractivity contribution < 1.29 is 38.9 Å². The van der Waals surface area contributed by atoms with E-state index in [9.17, 15) is 34.2 Å². The van der Waals surface area contributed by atoms with Crippen LogP contribution >= 0.6 is 0 Å². The molecule has 4 rings (SSSR count). The Morgan fingerprint density at radius 3 is 1.95 bits per heavy atom. The third kappa shape index (κ3) is 5.64. The van der Waals surface area contributed by atoms with Gasteiger partial charge >= 0.3 is 29.6 Å². The fourth-order valence-electron chi connectivity index (χ4n) is 4.21. The number of methoxy groups -OCH3 is 2. The fourth-order valence-corrected chi connectivity index (χ4v) is 4.21. The van der Waals surface area contributed by atoms with Crippen molar-refractivity contribution in [3.05, 3.63) is 98.5 Å². The number of ether oxygens (including phenoxy) is 2. The summed E-state index contributed by atoms with van der Waals surface area (Å²) in [7, 11) is 2.43. The molecule has 0 saturated carbocycles. The molecule has 0 atom stereocenters. The van der Waals surface area contributed by atoms with Gasteiger partial charge in [-0.3, -0.25) is 0 Å². The lowest BCUT2D eigenvalue weighted by Gasteiger charge is -2.27. The van der Waals surface area contributed by atoms with Crippen molar-refractivity contribution in [2.75, 3.05) is 19.1 Å². The molecule has 0 saturated heterocycles. The smallest absolute Gasteiger partial charge is 0.338 e. The highest BCUT2D eigenvalue weighted by Crippen LogP contribution is 2.27. The van der Waals surface area contributed by atoms with Crippen LogP contribution in [0.25, 0.3) is 11.0 Å². The fraction of sp³-hybridized carbons (Fsp3) is 0.148. The Balaban J connectivity index is 1.88. The second-order valence-corrected chi connectivity index (χ2v) is 8.50. The minimum atomic E-state index is -1.25. The molecule has 0 aliphatic rings. The normalized spacial score (nSPS) is 10.7. The van der Waals surface area contributed by atoms with Crippen LogP contribution in [0.1, 0.15) is 52.6 Å². The Morgan fingerprint density at radius 1 is 0.718 bits per heavy atom. The number of carbonyl (C=O) groups excluding carboxylic acids is 2. The zero-order chi connectivity index (χ0) is 28.3. The predicted molar refractivity (Wildman–Crippen MR) is 138 cm³/mol. The van der Waals surface area contributed by atoms with Crippen LogP contribution in [0, 0.1) is 0 Å². The third-order valence-electron chi connectivity index (χ3n) is 6.10. The molecule has 1 aromatic heterocycles. The number of carboxylic acid groups (broad SMARTS) is 2. The highest BCUT2D eigenvalue weighted by Gasteiger charge is 2.21. The Hall–Kier alpha value is -5.39. The summed E-state index contributed by atoms with van der Waals surface area (Å²) in [5.74, 6) is -3.78. The Labute approximate surface area is 220 Å². The van der Waals surface area contributed by atoms with E-state index in [1.54, 1.807) is 23.1 Å². The van der Waals surface area contributed by atoms with Gasteiger partial charge in [-0.05, 0) is 65.7 Å². The molecule has 4 aromatic rings. The lowest BCUT2D eigenvalue weighted by molar-refractivity contribution is 0.0585. The number of anilines is 1. The number of nitrogens with zero attached hydrogens (tertiary/aromatic N) is 1. The molecule has 1 heterocycles. The van der Waals surface area contributed by atoms with E-state index < -0.39 is 29.6 Å². The molecular weight excluding hydrogens is 510 g/mol. The van der Waals surface area contributed by atoms with Gasteiger partial charge in [0.15, 0.2) is 0 Å². The largest absolute Gasteiger partial charge is 0.478 e. The molecular formula is C27H23N3O9. The number of carboxylic acids is 2. The number of aromatic nitrogens is 2. The maximum absolute atomic E-state index is 12.6. The Kier molecular flexibility index (Phi) is 7.47. The number of hydrogen-bond donors (Lipinski definition) is 4. The summed E-state index contributed by atoms with van der Waals surface area (Å²) >= 11 is 0. The number of rotatable bonds is 9. The van der Waals surface area contributed by atoms with E-state index >= 15 is 0 Å². The van der Waals surface area contributed by atoms with Gasteiger partial charge in [0.25, 0.3) is 0 Å². The van der Waals surface area contributed by atoms with Crippen molar-refractivity contribution >= 4 is 40.6 Å². The lowest BCUT2D eigenvalue weighted by Crippen LogP contribution is -2.25. The number of esters is 2. The minimum Gasteiger partial charge on any atom is -0.478 e. The van der Waals surface area contributed by atoms with Crippen molar-refractivity contribution in [1.29, 1.82) is 0 Å². The first-order valence-corrected chi connectivity index (χ1v) is 11.5. The zero-order valence-electron chi connectivity index (χ0n) is 20.8. The number of aromatic amines is 2. The predicted octanol–water partition coefficient (Wildman–Crippen LogP) is 3.03. The van der Waals surface area contributed by atoms with E-state index in [-0.39, 0.29) is 40.9 Å². The van der Waals surface area contributed by atoms with Crippen LogP contribution < -0.4 is 10.6 Å². The molecule has 0 bridgehead atoms. The van der Waals surface area contributed by atoms with Crippen LogP contribution in [0.3, 0.4) is 0 Å². The molecule has 0 radical (unpaired) electrons. The molecule has 0 aliphatic carbocycles. The van der Waals surface area contributed by atoms with Gasteiger partial charge in [0, 0.05) is 18.8 Å². The van der Waals surface area contributed by atoms with Crippen molar-refractivity contribution in [1.82, 2.24) is 9.97 Å². The van der Waals surface area contributed by atoms with Crippen LogP contribution in [-0.4, -0.2) is 58.3 Å². The third-order valence-corrected chi connectivity index (χ3v) is 6.10. The number of hydrogen-bond acceptors (Lipinski definition) is 8. The summed E-state index contributed by atoms with van der Waals surface area (Å²) in [5.41, 5.74) is 1.74. The number of imidazole rings is 1. The molecule has 0 amide bonds. The molecule has 200 valence electrons. The molecule has 39 heavy (non-hydrogen) atoms. The highest BCUT2D eigenvalue weighted by atomic mass is 16.5. The number of benzene rings is 3. The van der Waals surface area contributed by atoms with Crippen molar-refractivity contribution in [3.8, 4) is 0 Å². The van der Waals surface area contributed by atoms with E-state index in [4.69, 9.17) is 9.47 Å². The average Bonchev–Trinajstić information content (AvgIpc) is 3.30. The molecule has 4 N–H and O–H groups in total. The van der Waals surface area contributed by atoms with Gasteiger partial charge in [-0.2, -0.15) is 0 Å². The maximum Gasteiger partial charge on any atom is 0.338 e. The summed E-state index contributed by atoms with van der Waals surface area (Å²) in [6.07, 6.45) is 0. The quantitative estimate of drug-likeness (QED) is 0.234. The summed E-state index contributed by atoms with van der Waals surface area (Å²) < 4.78 is 9.71. The second kappa shape index (κ2) is 10.9. The highest BCUT2D eigenvalue weighted by molar-refractivity contribution is 5.95. The zero-order valence-corrected chi connectivity index (χ0v) is 20.8. The summed E-state index contributed by atoms with van der Waals surface area (Å²) in [5, 5.41) is 19.2. The van der Waals surface area contributed by atoms with Gasteiger partial charge in [-0.25, -0.2) is 24.0 Å². The Bertz CT molecular complexity index is 1670. The van der Waals surface area contributed by atoms with Gasteiger partial charge in [-0.1, -0.05) is 0 Å². The summed E-state index contributed by atoms with van der Waals surface area (Å²) in [4.78, 5) is 67.2. The van der Waals surface area contributed by atoms with E-state index in [1.807, 2.05) is 0 Å². The van der Waals surface area contributed by atoms with E-state index in [2.05, 4.69) is 9.97 Å². The standard InChI is InChI=1S/C27H23N3O9/c1-38-25(35)15-4-7-20(26(36)39-2)17(10-15)13-30(18-5-8-21-22(11-18)29-27(37)28-21)12-16-9-14(23(31)32)3-6-19(16)24(33)34/h3-11H,12-13H2,1-2H3,(H,31,32)(H,33,34)(H2,28,29,37). The molecule has 0 unspecified atom stereocenters. The van der Waals surface area contributed by atoms with Crippen LogP contribution in [-0.2, 0) is 22.6 Å². The van der Waals surface area contributed by atoms with Crippen molar-refractivity contribution in [2.45, 2.75) is 13.1 Å². The number of aromatic carboxylic acids is 2. The number of carbonyl (C=O) groups is 4. The van der Waals surface area contributed by atoms with Gasteiger partial charge in [-0.15, -0.1) is 0 Å². The molecule has 0 fully saturated rings. The van der Waals surface area contributed by atoms with E-state index in [1.165, 1.54) is 50.6 Å². The van der Waals surface area contributed by atoms with Crippen LogP contribution in [0.5, 0.6) is 0 Å². The monoisotopic (exact) mass is 533 g/mol. The topological polar surface area (TPSA) is 179 Å². The molecule has 12 nitrogen and oxygen atoms in total. The molecule has 0 spiro atoms. The van der Waals surface area contributed by atoms with Gasteiger partial charge in [0.1, 0.15) is 0 Å². The second-order valence-electron chi connectivity index (χ2n) is 8.50. The number of H-pyrrole nitrogens is 2. The SMILES string of the molecule is COC(=O)c1ccc(C(=O)OC)c(CN(Cc2cc(C(=O)O)ccc2C(=O)O)c2ccc3[nH]c(=O)[nH]c3c2)c1. The average molecular weight is 533 g/mol. The Morgan fingerprint density at radius 2 is 1.31 bits per heavy atom. The first-order chi connectivity index (χ1) is 18.6. The molecule has 0 aliphatic heterocycles. The first kappa shape index (κ1) is 26.7. The number of fused-ring (bicyclic) bond motifs is 1. The van der Waals surface area contributed by atoms with Crippen LogP contribution in [0.4, 0.5) is 5.69 Å². The van der Waals surface area contributed by atoms with Crippen molar-refractivity contribution in [3.63, 3.8) is 0 Å².